The van der Waals surface area contributed by atoms with Crippen LogP contribution in [-0.2, 0) is 0 Å². The summed E-state index contributed by atoms with van der Waals surface area (Å²) in [6, 6.07) is 0.188. The fourth-order valence-electron chi connectivity index (χ4n) is 1.51. The lowest BCUT2D eigenvalue weighted by Gasteiger charge is -2.16. The van der Waals surface area contributed by atoms with Crippen LogP contribution in [0.1, 0.15) is 33.1 Å². The molecule has 0 aliphatic rings. The molecule has 1 aromatic heterocycles. The van der Waals surface area contributed by atoms with Gasteiger partial charge in [-0.05, 0) is 26.2 Å². The van der Waals surface area contributed by atoms with Gasteiger partial charge in [0.15, 0.2) is 5.82 Å². The minimum absolute atomic E-state index is 0.188. The topological polar surface area (TPSA) is 93.3 Å². The number of aromatic nitrogens is 2. The van der Waals surface area contributed by atoms with Gasteiger partial charge in [-0.1, -0.05) is 6.92 Å². The van der Waals surface area contributed by atoms with Crippen molar-refractivity contribution in [1.29, 1.82) is 0 Å². The highest BCUT2D eigenvalue weighted by molar-refractivity contribution is 5.66. The first-order valence-electron chi connectivity index (χ1n) is 6.29. The summed E-state index contributed by atoms with van der Waals surface area (Å²) in [6.45, 7) is 4.81. The Hall–Kier alpha value is -1.56. The molecule has 0 spiro atoms. The Morgan fingerprint density at radius 2 is 2.28 bits per heavy atom. The van der Waals surface area contributed by atoms with Crippen LogP contribution in [0.15, 0.2) is 6.33 Å². The lowest BCUT2D eigenvalue weighted by molar-refractivity contribution is 0.282. The van der Waals surface area contributed by atoms with E-state index in [-0.39, 0.29) is 12.6 Å². The zero-order valence-corrected chi connectivity index (χ0v) is 11.0. The molecule has 4 N–H and O–H groups in total. The Kier molecular flexibility index (Phi) is 6.21. The first kappa shape index (κ1) is 14.5. The summed E-state index contributed by atoms with van der Waals surface area (Å²) in [4.78, 5) is 8.11. The van der Waals surface area contributed by atoms with Crippen LogP contribution in [0.3, 0.4) is 0 Å². The molecule has 0 bridgehead atoms. The first-order chi connectivity index (χ1) is 8.69. The third-order valence-corrected chi connectivity index (χ3v) is 2.47. The van der Waals surface area contributed by atoms with E-state index in [2.05, 4.69) is 15.3 Å². The van der Waals surface area contributed by atoms with E-state index in [9.17, 15) is 0 Å². The number of rotatable bonds is 8. The van der Waals surface area contributed by atoms with Gasteiger partial charge in [-0.2, -0.15) is 4.98 Å². The summed E-state index contributed by atoms with van der Waals surface area (Å²) in [5.74, 6) is 1.00. The molecule has 1 heterocycles. The number of anilines is 2. The second-order valence-corrected chi connectivity index (χ2v) is 4.20. The lowest BCUT2D eigenvalue weighted by atomic mass is 10.2. The Labute approximate surface area is 108 Å². The summed E-state index contributed by atoms with van der Waals surface area (Å²) in [6.07, 6.45) is 3.94. The van der Waals surface area contributed by atoms with Gasteiger partial charge < -0.3 is 20.9 Å². The zero-order valence-electron chi connectivity index (χ0n) is 11.0. The highest BCUT2D eigenvalue weighted by Gasteiger charge is 2.11. The van der Waals surface area contributed by atoms with Crippen molar-refractivity contribution in [3.05, 3.63) is 6.33 Å². The van der Waals surface area contributed by atoms with Gasteiger partial charge in [0.25, 0.3) is 0 Å². The molecule has 1 atom stereocenters. The van der Waals surface area contributed by atoms with Gasteiger partial charge in [0.05, 0.1) is 6.61 Å². The average Bonchev–Trinajstić information content (AvgIpc) is 2.37. The summed E-state index contributed by atoms with van der Waals surface area (Å²) < 4.78 is 5.43. The van der Waals surface area contributed by atoms with Crippen LogP contribution in [0.25, 0.3) is 0 Å². The SMILES string of the molecule is CCCOc1ncnc(NC(C)CCCO)c1N. The van der Waals surface area contributed by atoms with Gasteiger partial charge in [0.1, 0.15) is 12.0 Å². The van der Waals surface area contributed by atoms with E-state index in [4.69, 9.17) is 15.6 Å². The molecule has 1 rings (SSSR count). The van der Waals surface area contributed by atoms with Crippen molar-refractivity contribution in [3.8, 4) is 5.88 Å². The Morgan fingerprint density at radius 1 is 1.50 bits per heavy atom. The number of hydrogen-bond donors (Lipinski definition) is 3. The molecule has 102 valence electrons. The fraction of sp³-hybridized carbons (Fsp3) is 0.667. The third kappa shape index (κ3) is 4.37. The maximum Gasteiger partial charge on any atom is 0.242 e. The Balaban J connectivity index is 2.64. The standard InChI is InChI=1S/C12H22N4O2/c1-3-7-18-12-10(13)11(14-8-15-12)16-9(2)5-4-6-17/h8-9,17H,3-7,13H2,1-2H3,(H,14,15,16). The number of hydrogen-bond acceptors (Lipinski definition) is 6. The number of nitrogens with one attached hydrogen (secondary N) is 1. The van der Waals surface area contributed by atoms with E-state index < -0.39 is 0 Å². The molecular weight excluding hydrogens is 232 g/mol. The van der Waals surface area contributed by atoms with E-state index in [1.807, 2.05) is 13.8 Å². The van der Waals surface area contributed by atoms with Gasteiger partial charge in [-0.15, -0.1) is 0 Å². The Morgan fingerprint density at radius 3 is 2.94 bits per heavy atom. The number of ether oxygens (including phenoxy) is 1. The molecule has 6 heteroatoms. The van der Waals surface area contributed by atoms with E-state index in [0.29, 0.717) is 24.0 Å². The van der Waals surface area contributed by atoms with Gasteiger partial charge in [-0.25, -0.2) is 4.98 Å². The Bertz CT molecular complexity index is 360. The molecule has 0 amide bonds. The van der Waals surface area contributed by atoms with Crippen LogP contribution >= 0.6 is 0 Å². The van der Waals surface area contributed by atoms with Crippen LogP contribution in [-0.4, -0.2) is 34.3 Å². The van der Waals surface area contributed by atoms with Crippen LogP contribution in [0.2, 0.25) is 0 Å². The number of nitrogens with zero attached hydrogens (tertiary/aromatic N) is 2. The van der Waals surface area contributed by atoms with Crippen molar-refractivity contribution in [3.63, 3.8) is 0 Å². The minimum Gasteiger partial charge on any atom is -0.476 e. The number of nitrogens with two attached hydrogens (primary N) is 1. The molecule has 0 radical (unpaired) electrons. The molecule has 0 saturated heterocycles. The summed E-state index contributed by atoms with van der Waals surface area (Å²) in [5, 5.41) is 12.0. The van der Waals surface area contributed by atoms with E-state index in [0.717, 1.165) is 19.3 Å². The molecule has 6 nitrogen and oxygen atoms in total. The predicted molar refractivity (Wildman–Crippen MR) is 71.6 cm³/mol. The summed E-state index contributed by atoms with van der Waals surface area (Å²) >= 11 is 0. The molecule has 0 aromatic carbocycles. The van der Waals surface area contributed by atoms with E-state index in [1.54, 1.807) is 0 Å². The number of aliphatic hydroxyl groups excluding tert-OH is 1. The third-order valence-electron chi connectivity index (χ3n) is 2.47. The smallest absolute Gasteiger partial charge is 0.242 e. The average molecular weight is 254 g/mol. The van der Waals surface area contributed by atoms with Crippen LogP contribution in [0.5, 0.6) is 5.88 Å². The first-order valence-corrected chi connectivity index (χ1v) is 6.29. The van der Waals surface area contributed by atoms with E-state index in [1.165, 1.54) is 6.33 Å². The fourth-order valence-corrected chi connectivity index (χ4v) is 1.51. The van der Waals surface area contributed by atoms with Crippen molar-refractivity contribution >= 4 is 11.5 Å². The minimum atomic E-state index is 0.188. The van der Waals surface area contributed by atoms with E-state index >= 15 is 0 Å². The normalized spacial score (nSPS) is 12.2. The van der Waals surface area contributed by atoms with Crippen molar-refractivity contribution in [2.24, 2.45) is 0 Å². The van der Waals surface area contributed by atoms with Gasteiger partial charge >= 0.3 is 0 Å². The predicted octanol–water partition coefficient (Wildman–Crippen LogP) is 1.42. The van der Waals surface area contributed by atoms with Crippen molar-refractivity contribution < 1.29 is 9.84 Å². The second-order valence-electron chi connectivity index (χ2n) is 4.20. The lowest BCUT2D eigenvalue weighted by Crippen LogP contribution is -2.18. The summed E-state index contributed by atoms with van der Waals surface area (Å²) in [5.41, 5.74) is 6.37. The maximum absolute atomic E-state index is 8.78. The zero-order chi connectivity index (χ0) is 13.4. The molecule has 1 unspecified atom stereocenters. The molecule has 0 aliphatic heterocycles. The number of aliphatic hydroxyl groups is 1. The molecular formula is C12H22N4O2. The van der Waals surface area contributed by atoms with Gasteiger partial charge in [0.2, 0.25) is 5.88 Å². The van der Waals surface area contributed by atoms with Crippen LogP contribution in [0.4, 0.5) is 11.5 Å². The quantitative estimate of drug-likeness (QED) is 0.649. The van der Waals surface area contributed by atoms with Crippen molar-refractivity contribution in [1.82, 2.24) is 9.97 Å². The highest BCUT2D eigenvalue weighted by atomic mass is 16.5. The molecule has 0 aliphatic carbocycles. The number of nitrogen functional groups attached to an aromatic ring is 1. The highest BCUT2D eigenvalue weighted by Crippen LogP contribution is 2.25. The van der Waals surface area contributed by atoms with Crippen molar-refractivity contribution in [2.45, 2.75) is 39.2 Å². The molecule has 0 saturated carbocycles. The molecule has 1 aromatic rings. The summed E-state index contributed by atoms with van der Waals surface area (Å²) in [7, 11) is 0. The monoisotopic (exact) mass is 254 g/mol. The van der Waals surface area contributed by atoms with Crippen LogP contribution in [0, 0.1) is 0 Å². The largest absolute Gasteiger partial charge is 0.476 e. The van der Waals surface area contributed by atoms with Gasteiger partial charge in [0, 0.05) is 12.6 Å². The van der Waals surface area contributed by atoms with Gasteiger partial charge in [-0.3, -0.25) is 0 Å². The maximum atomic E-state index is 8.78. The van der Waals surface area contributed by atoms with Crippen molar-refractivity contribution in [2.75, 3.05) is 24.3 Å². The second kappa shape index (κ2) is 7.71. The van der Waals surface area contributed by atoms with Crippen LogP contribution < -0.4 is 15.8 Å². The molecule has 18 heavy (non-hydrogen) atoms. The molecule has 0 fully saturated rings.